The molecule has 0 aromatic carbocycles. The van der Waals surface area contributed by atoms with Gasteiger partial charge in [0.15, 0.2) is 5.79 Å². The molecule has 1 fully saturated rings. The van der Waals surface area contributed by atoms with Gasteiger partial charge in [-0.2, -0.15) is 0 Å². The number of allylic oxidation sites excluding steroid dienone is 1. The zero-order chi connectivity index (χ0) is 13.7. The summed E-state index contributed by atoms with van der Waals surface area (Å²) in [6.07, 6.45) is 5.54. The van der Waals surface area contributed by atoms with Crippen LogP contribution in [-0.2, 0) is 16.1 Å². The Balaban J connectivity index is 2.14. The highest BCUT2D eigenvalue weighted by molar-refractivity contribution is 5.65. The third kappa shape index (κ3) is 3.62. The molecule has 1 aromatic rings. The number of ether oxygens (including phenoxy) is 2. The molecule has 19 heavy (non-hydrogen) atoms. The van der Waals surface area contributed by atoms with Gasteiger partial charge in [-0.25, -0.2) is 0 Å². The maximum Gasteiger partial charge on any atom is 0.169 e. The second-order valence-electron chi connectivity index (χ2n) is 4.81. The fraction of sp³-hybridized carbons (Fsp3) is 0.533. The molecule has 0 atom stereocenters. The second kappa shape index (κ2) is 6.28. The van der Waals surface area contributed by atoms with Crippen molar-refractivity contribution < 1.29 is 14.6 Å². The summed E-state index contributed by atoms with van der Waals surface area (Å²) in [6.45, 7) is 5.37. The lowest BCUT2D eigenvalue weighted by atomic mass is 10.0. The third-order valence-corrected chi connectivity index (χ3v) is 3.35. The first-order chi connectivity index (χ1) is 9.17. The molecular formula is C15H21NO3. The Morgan fingerprint density at radius 3 is 2.84 bits per heavy atom. The average molecular weight is 263 g/mol. The van der Waals surface area contributed by atoms with Crippen LogP contribution in [0.2, 0.25) is 0 Å². The second-order valence-corrected chi connectivity index (χ2v) is 4.81. The van der Waals surface area contributed by atoms with Gasteiger partial charge in [0.1, 0.15) is 0 Å². The predicted molar refractivity (Wildman–Crippen MR) is 73.4 cm³/mol. The molecule has 2 heterocycles. The fourth-order valence-electron chi connectivity index (χ4n) is 2.21. The van der Waals surface area contributed by atoms with Crippen molar-refractivity contribution in [3.8, 4) is 0 Å². The highest BCUT2D eigenvalue weighted by Gasteiger charge is 2.29. The van der Waals surface area contributed by atoms with Gasteiger partial charge in [0.25, 0.3) is 0 Å². The van der Waals surface area contributed by atoms with Crippen LogP contribution in [0.15, 0.2) is 24.4 Å². The Morgan fingerprint density at radius 1 is 1.47 bits per heavy atom. The van der Waals surface area contributed by atoms with E-state index in [4.69, 9.17) is 14.6 Å². The maximum absolute atomic E-state index is 9.14. The zero-order valence-corrected chi connectivity index (χ0v) is 11.6. The van der Waals surface area contributed by atoms with E-state index < -0.39 is 5.79 Å². The smallest absolute Gasteiger partial charge is 0.169 e. The molecule has 0 bridgehead atoms. The molecule has 4 heteroatoms. The Bertz CT molecular complexity index is 450. The fourth-order valence-corrected chi connectivity index (χ4v) is 2.21. The molecule has 0 spiro atoms. The first-order valence-electron chi connectivity index (χ1n) is 6.70. The van der Waals surface area contributed by atoms with Crippen LogP contribution in [-0.4, -0.2) is 29.1 Å². The third-order valence-electron chi connectivity index (χ3n) is 3.35. The van der Waals surface area contributed by atoms with E-state index in [1.165, 1.54) is 5.57 Å². The van der Waals surface area contributed by atoms with Crippen molar-refractivity contribution in [2.75, 3.05) is 13.2 Å². The van der Waals surface area contributed by atoms with Gasteiger partial charge >= 0.3 is 0 Å². The first-order valence-corrected chi connectivity index (χ1v) is 6.70. The number of pyridine rings is 1. The summed E-state index contributed by atoms with van der Waals surface area (Å²) in [4.78, 5) is 4.10. The molecule has 0 amide bonds. The van der Waals surface area contributed by atoms with Gasteiger partial charge in [-0.1, -0.05) is 13.0 Å². The van der Waals surface area contributed by atoms with E-state index in [0.717, 1.165) is 18.4 Å². The molecule has 0 unspecified atom stereocenters. The monoisotopic (exact) mass is 263 g/mol. The minimum atomic E-state index is -0.493. The molecule has 1 saturated heterocycles. The van der Waals surface area contributed by atoms with Crippen LogP contribution in [0.5, 0.6) is 0 Å². The van der Waals surface area contributed by atoms with E-state index in [1.54, 1.807) is 6.20 Å². The summed E-state index contributed by atoms with van der Waals surface area (Å²) in [7, 11) is 0. The molecule has 4 nitrogen and oxygen atoms in total. The number of nitrogens with zero attached hydrogens (tertiary/aromatic N) is 1. The van der Waals surface area contributed by atoms with E-state index in [0.29, 0.717) is 18.9 Å². The van der Waals surface area contributed by atoms with E-state index in [1.807, 2.05) is 19.1 Å². The van der Waals surface area contributed by atoms with Gasteiger partial charge in [-0.05, 0) is 36.6 Å². The summed E-state index contributed by atoms with van der Waals surface area (Å²) in [5.41, 5.74) is 3.01. The average Bonchev–Trinajstić information content (AvgIpc) is 2.87. The van der Waals surface area contributed by atoms with Crippen molar-refractivity contribution in [1.82, 2.24) is 4.98 Å². The maximum atomic E-state index is 9.14. The molecule has 1 aliphatic heterocycles. The predicted octanol–water partition coefficient (Wildman–Crippen LogP) is 2.52. The lowest BCUT2D eigenvalue weighted by molar-refractivity contribution is -0.138. The number of hydrogen-bond acceptors (Lipinski definition) is 4. The van der Waals surface area contributed by atoms with Crippen LogP contribution in [0, 0.1) is 0 Å². The number of aliphatic hydroxyl groups is 1. The molecule has 2 rings (SSSR count). The first kappa shape index (κ1) is 14.2. The van der Waals surface area contributed by atoms with Gasteiger partial charge in [0, 0.05) is 12.6 Å². The number of hydrogen-bond donors (Lipinski definition) is 1. The standard InChI is InChI=1S/C15H21NO3/c1-3-12(4-6-15(2)18-8-9-19-15)13-5-7-16-14(10-13)11-17/h4-5,7,10,17H,3,6,8-9,11H2,1-2H3/b12-4+. The molecule has 0 aliphatic carbocycles. The van der Waals surface area contributed by atoms with Gasteiger partial charge in [0.05, 0.1) is 25.5 Å². The highest BCUT2D eigenvalue weighted by atomic mass is 16.7. The molecule has 1 aliphatic rings. The molecule has 0 saturated carbocycles. The van der Waals surface area contributed by atoms with E-state index in [2.05, 4.69) is 18.0 Å². The van der Waals surface area contributed by atoms with Crippen LogP contribution < -0.4 is 0 Å². The lowest BCUT2D eigenvalue weighted by Gasteiger charge is -2.21. The van der Waals surface area contributed by atoms with Crippen LogP contribution in [0.4, 0.5) is 0 Å². The Hall–Kier alpha value is -1.23. The molecule has 1 N–H and O–H groups in total. The molecule has 104 valence electrons. The molecular weight excluding hydrogens is 242 g/mol. The van der Waals surface area contributed by atoms with Crippen molar-refractivity contribution in [1.29, 1.82) is 0 Å². The normalized spacial score (nSPS) is 18.8. The number of aliphatic hydroxyl groups excluding tert-OH is 1. The van der Waals surface area contributed by atoms with Crippen LogP contribution in [0.1, 0.15) is 37.9 Å². The molecule has 1 aromatic heterocycles. The number of aromatic nitrogens is 1. The minimum Gasteiger partial charge on any atom is -0.390 e. The quantitative estimate of drug-likeness (QED) is 0.887. The van der Waals surface area contributed by atoms with Gasteiger partial charge in [-0.15, -0.1) is 0 Å². The van der Waals surface area contributed by atoms with Crippen LogP contribution >= 0.6 is 0 Å². The Labute approximate surface area is 114 Å². The van der Waals surface area contributed by atoms with Crippen molar-refractivity contribution in [3.63, 3.8) is 0 Å². The zero-order valence-electron chi connectivity index (χ0n) is 11.6. The van der Waals surface area contributed by atoms with Crippen molar-refractivity contribution in [3.05, 3.63) is 35.7 Å². The largest absolute Gasteiger partial charge is 0.390 e. The summed E-state index contributed by atoms with van der Waals surface area (Å²) in [5.74, 6) is -0.493. The highest BCUT2D eigenvalue weighted by Crippen LogP contribution is 2.26. The van der Waals surface area contributed by atoms with E-state index >= 15 is 0 Å². The molecule has 0 radical (unpaired) electrons. The number of rotatable bonds is 5. The van der Waals surface area contributed by atoms with Gasteiger partial charge in [-0.3, -0.25) is 4.98 Å². The Kier molecular flexibility index (Phi) is 4.69. The summed E-state index contributed by atoms with van der Waals surface area (Å²) >= 11 is 0. The van der Waals surface area contributed by atoms with Crippen LogP contribution in [0.25, 0.3) is 5.57 Å². The minimum absolute atomic E-state index is 0.0330. The van der Waals surface area contributed by atoms with Gasteiger partial charge in [0.2, 0.25) is 0 Å². The van der Waals surface area contributed by atoms with Crippen LogP contribution in [0.3, 0.4) is 0 Å². The SMILES string of the molecule is CC/C(=C\CC1(C)OCCO1)c1ccnc(CO)c1. The Morgan fingerprint density at radius 2 is 2.21 bits per heavy atom. The summed E-state index contributed by atoms with van der Waals surface area (Å²) in [5, 5.41) is 9.14. The van der Waals surface area contributed by atoms with Gasteiger partial charge < -0.3 is 14.6 Å². The van der Waals surface area contributed by atoms with Crippen molar-refractivity contribution >= 4 is 5.57 Å². The van der Waals surface area contributed by atoms with E-state index in [9.17, 15) is 0 Å². The van der Waals surface area contributed by atoms with Crippen molar-refractivity contribution in [2.24, 2.45) is 0 Å². The topological polar surface area (TPSA) is 51.6 Å². The lowest BCUT2D eigenvalue weighted by Crippen LogP contribution is -2.24. The van der Waals surface area contributed by atoms with Crippen molar-refractivity contribution in [2.45, 2.75) is 39.1 Å². The summed E-state index contributed by atoms with van der Waals surface area (Å²) in [6, 6.07) is 3.89. The van der Waals surface area contributed by atoms with E-state index in [-0.39, 0.29) is 6.61 Å². The summed E-state index contributed by atoms with van der Waals surface area (Å²) < 4.78 is 11.2.